The molecule has 4 N–H and O–H groups in total. The van der Waals surface area contributed by atoms with Crippen LogP contribution in [0.25, 0.3) is 0 Å². The standard InChI is InChI=1S/C20H17F8N7/c21-17(22)5-4-10(7-17)20(29)34-15(13-2-1-3-14(32-13)19(26,27)28)33-16(35-20)31-12-6-11(8-30-9-12)18(23,24)25/h1-3,6,8-10H,4-5,7,29H2,(H2,31,33,34,35). The maximum absolute atomic E-state index is 13.9. The molecule has 1 saturated carbocycles. The van der Waals surface area contributed by atoms with E-state index in [1.165, 1.54) is 6.07 Å². The summed E-state index contributed by atoms with van der Waals surface area (Å²) in [7, 11) is 0. The van der Waals surface area contributed by atoms with Crippen molar-refractivity contribution in [2.45, 2.75) is 43.3 Å². The van der Waals surface area contributed by atoms with Gasteiger partial charge in [0.05, 0.1) is 17.4 Å². The predicted molar refractivity (Wildman–Crippen MR) is 108 cm³/mol. The van der Waals surface area contributed by atoms with Gasteiger partial charge in [0.15, 0.2) is 5.84 Å². The fraction of sp³-hybridized carbons (Fsp3) is 0.400. The third-order valence-electron chi connectivity index (χ3n) is 5.43. The molecular formula is C20H17F8N7. The first-order chi connectivity index (χ1) is 16.1. The first kappa shape index (κ1) is 24.8. The van der Waals surface area contributed by atoms with E-state index >= 15 is 0 Å². The monoisotopic (exact) mass is 507 g/mol. The van der Waals surface area contributed by atoms with Crippen LogP contribution in [0.3, 0.4) is 0 Å². The first-order valence-corrected chi connectivity index (χ1v) is 10.1. The zero-order valence-corrected chi connectivity index (χ0v) is 17.6. The number of amidine groups is 1. The average Bonchev–Trinajstić information content (AvgIpc) is 3.13. The Morgan fingerprint density at radius 2 is 1.77 bits per heavy atom. The number of nitrogens with one attached hydrogen (secondary N) is 2. The fourth-order valence-corrected chi connectivity index (χ4v) is 3.75. The minimum Gasteiger partial charge on any atom is -0.325 e. The number of aliphatic imine (C=N–C) groups is 2. The van der Waals surface area contributed by atoms with Gasteiger partial charge in [-0.3, -0.25) is 10.7 Å². The van der Waals surface area contributed by atoms with E-state index in [-0.39, 0.29) is 29.6 Å². The van der Waals surface area contributed by atoms with E-state index in [0.717, 1.165) is 18.3 Å². The number of guanidine groups is 1. The molecule has 4 rings (SSSR count). The number of alkyl halides is 8. The van der Waals surface area contributed by atoms with Crippen LogP contribution in [-0.4, -0.2) is 33.5 Å². The third kappa shape index (κ3) is 5.49. The Kier molecular flexibility index (Phi) is 5.93. The van der Waals surface area contributed by atoms with Gasteiger partial charge < -0.3 is 10.6 Å². The van der Waals surface area contributed by atoms with Crippen molar-refractivity contribution in [1.29, 1.82) is 0 Å². The number of hydrogen-bond acceptors (Lipinski definition) is 7. The molecule has 2 aromatic rings. The van der Waals surface area contributed by atoms with Gasteiger partial charge in [-0.2, -0.15) is 26.3 Å². The van der Waals surface area contributed by atoms with Gasteiger partial charge in [0.25, 0.3) is 0 Å². The second kappa shape index (κ2) is 8.39. The highest BCUT2D eigenvalue weighted by Gasteiger charge is 2.49. The molecule has 0 spiro atoms. The Labute approximate surface area is 192 Å². The molecule has 0 saturated heterocycles. The lowest BCUT2D eigenvalue weighted by Crippen LogP contribution is -2.53. The summed E-state index contributed by atoms with van der Waals surface area (Å²) in [5.74, 6) is -6.75. The summed E-state index contributed by atoms with van der Waals surface area (Å²) in [6.07, 6.45) is -9.11. The summed E-state index contributed by atoms with van der Waals surface area (Å²) in [6.45, 7) is 0. The van der Waals surface area contributed by atoms with E-state index in [1.807, 2.05) is 0 Å². The van der Waals surface area contributed by atoms with Crippen LogP contribution in [0.4, 0.5) is 40.8 Å². The van der Waals surface area contributed by atoms with Crippen LogP contribution in [0, 0.1) is 5.92 Å². The normalized spacial score (nSPS) is 24.4. The Morgan fingerprint density at radius 1 is 1.03 bits per heavy atom. The largest absolute Gasteiger partial charge is 0.433 e. The molecule has 2 unspecified atom stereocenters. The molecule has 2 aliphatic rings. The van der Waals surface area contributed by atoms with E-state index in [4.69, 9.17) is 5.73 Å². The SMILES string of the molecule is NC1(C2CCC(F)(F)C2)N=C(Nc2cncc(C(F)(F)F)c2)NC(c2cccc(C(F)(F)F)n2)=N1. The maximum Gasteiger partial charge on any atom is 0.433 e. The highest BCUT2D eigenvalue weighted by molar-refractivity contribution is 6.13. The molecule has 2 atom stereocenters. The molecule has 0 radical (unpaired) electrons. The molecule has 3 heterocycles. The zero-order chi connectivity index (χ0) is 25.6. The Balaban J connectivity index is 1.72. The van der Waals surface area contributed by atoms with Crippen LogP contribution in [0.1, 0.15) is 36.2 Å². The number of halogens is 8. The van der Waals surface area contributed by atoms with E-state index in [9.17, 15) is 35.1 Å². The number of nitrogens with two attached hydrogens (primary N) is 1. The Hall–Kier alpha value is -3.36. The van der Waals surface area contributed by atoms with Gasteiger partial charge in [-0.05, 0) is 24.6 Å². The summed E-state index contributed by atoms with van der Waals surface area (Å²) in [5.41, 5.74) is 3.41. The lowest BCUT2D eigenvalue weighted by atomic mass is 9.99. The quantitative estimate of drug-likeness (QED) is 0.536. The number of aromatic nitrogens is 2. The fourth-order valence-electron chi connectivity index (χ4n) is 3.75. The van der Waals surface area contributed by atoms with Crippen molar-refractivity contribution in [1.82, 2.24) is 15.3 Å². The van der Waals surface area contributed by atoms with E-state index in [1.54, 1.807) is 0 Å². The number of hydrogen-bond donors (Lipinski definition) is 3. The number of rotatable bonds is 3. The van der Waals surface area contributed by atoms with Crippen LogP contribution in [0.15, 0.2) is 46.6 Å². The van der Waals surface area contributed by atoms with Gasteiger partial charge in [0.2, 0.25) is 17.7 Å². The van der Waals surface area contributed by atoms with Crippen LogP contribution in [0.2, 0.25) is 0 Å². The predicted octanol–water partition coefficient (Wildman–Crippen LogP) is 4.38. The zero-order valence-electron chi connectivity index (χ0n) is 17.6. The van der Waals surface area contributed by atoms with Crippen LogP contribution >= 0.6 is 0 Å². The van der Waals surface area contributed by atoms with Crippen molar-refractivity contribution in [2.24, 2.45) is 21.6 Å². The van der Waals surface area contributed by atoms with Crippen molar-refractivity contribution in [3.05, 3.63) is 53.6 Å². The van der Waals surface area contributed by atoms with Gasteiger partial charge in [-0.25, -0.2) is 23.7 Å². The van der Waals surface area contributed by atoms with Crippen molar-refractivity contribution in [3.63, 3.8) is 0 Å². The number of nitrogens with zero attached hydrogens (tertiary/aromatic N) is 4. The molecule has 35 heavy (non-hydrogen) atoms. The van der Waals surface area contributed by atoms with Gasteiger partial charge in [-0.1, -0.05) is 6.07 Å². The summed E-state index contributed by atoms with van der Waals surface area (Å²) < 4.78 is 106. The molecule has 188 valence electrons. The van der Waals surface area contributed by atoms with Crippen molar-refractivity contribution >= 4 is 17.5 Å². The van der Waals surface area contributed by atoms with Gasteiger partial charge in [0.1, 0.15) is 11.4 Å². The third-order valence-corrected chi connectivity index (χ3v) is 5.43. The molecule has 7 nitrogen and oxygen atoms in total. The summed E-state index contributed by atoms with van der Waals surface area (Å²) in [4.78, 5) is 15.2. The number of pyridine rings is 2. The van der Waals surface area contributed by atoms with E-state index < -0.39 is 54.1 Å². The molecule has 0 bridgehead atoms. The molecule has 1 fully saturated rings. The summed E-state index contributed by atoms with van der Waals surface area (Å²) in [5, 5.41) is 5.05. The molecule has 1 aliphatic carbocycles. The van der Waals surface area contributed by atoms with Crippen LogP contribution in [0.5, 0.6) is 0 Å². The molecule has 0 aromatic carbocycles. The first-order valence-electron chi connectivity index (χ1n) is 10.1. The van der Waals surface area contributed by atoms with Crippen molar-refractivity contribution in [2.75, 3.05) is 5.32 Å². The average molecular weight is 507 g/mol. The second-order valence-electron chi connectivity index (χ2n) is 8.12. The summed E-state index contributed by atoms with van der Waals surface area (Å²) in [6, 6.07) is 3.68. The van der Waals surface area contributed by atoms with Gasteiger partial charge in [-0.15, -0.1) is 0 Å². The topological polar surface area (TPSA) is 101 Å². The van der Waals surface area contributed by atoms with Crippen molar-refractivity contribution < 1.29 is 35.1 Å². The van der Waals surface area contributed by atoms with E-state index in [2.05, 4.69) is 30.6 Å². The lowest BCUT2D eigenvalue weighted by Gasteiger charge is -2.33. The van der Waals surface area contributed by atoms with Gasteiger partial charge >= 0.3 is 12.4 Å². The highest BCUT2D eigenvalue weighted by Crippen LogP contribution is 2.44. The Morgan fingerprint density at radius 3 is 2.40 bits per heavy atom. The van der Waals surface area contributed by atoms with Crippen LogP contribution < -0.4 is 16.4 Å². The molecule has 0 amide bonds. The Bertz CT molecular complexity index is 1170. The van der Waals surface area contributed by atoms with Crippen LogP contribution in [-0.2, 0) is 12.4 Å². The molecule has 2 aromatic heterocycles. The molecule has 15 heteroatoms. The minimum absolute atomic E-state index is 0.0851. The lowest BCUT2D eigenvalue weighted by molar-refractivity contribution is -0.141. The molecular weight excluding hydrogens is 490 g/mol. The minimum atomic E-state index is -4.78. The van der Waals surface area contributed by atoms with Gasteiger partial charge in [0, 0.05) is 25.0 Å². The second-order valence-corrected chi connectivity index (χ2v) is 8.12. The number of anilines is 1. The maximum atomic E-state index is 13.9. The van der Waals surface area contributed by atoms with Crippen molar-refractivity contribution in [3.8, 4) is 0 Å². The van der Waals surface area contributed by atoms with E-state index in [0.29, 0.717) is 12.3 Å². The smallest absolute Gasteiger partial charge is 0.325 e. The molecule has 1 aliphatic heterocycles. The summed E-state index contributed by atoms with van der Waals surface area (Å²) >= 11 is 0. The highest BCUT2D eigenvalue weighted by atomic mass is 19.4.